The van der Waals surface area contributed by atoms with E-state index in [4.69, 9.17) is 11.6 Å². The summed E-state index contributed by atoms with van der Waals surface area (Å²) in [5, 5.41) is 8.33. The van der Waals surface area contributed by atoms with E-state index in [0.717, 1.165) is 10.6 Å². The lowest BCUT2D eigenvalue weighted by Crippen LogP contribution is -2.05. The standard InChI is InChI=1S/C14H10ClN3OS/c15-14-7-6-11(20-14)8-13(19)12-9-16-18(17-12)10-4-2-1-3-5-10/h1-7,9H,8H2. The van der Waals surface area contributed by atoms with Crippen molar-refractivity contribution in [1.29, 1.82) is 0 Å². The molecule has 0 saturated heterocycles. The van der Waals surface area contributed by atoms with Crippen LogP contribution in [0.25, 0.3) is 5.69 Å². The lowest BCUT2D eigenvalue weighted by atomic mass is 10.2. The lowest BCUT2D eigenvalue weighted by Gasteiger charge is -1.97. The molecular weight excluding hydrogens is 294 g/mol. The summed E-state index contributed by atoms with van der Waals surface area (Å²) in [6, 6.07) is 13.1. The summed E-state index contributed by atoms with van der Waals surface area (Å²) >= 11 is 7.25. The molecule has 2 aromatic heterocycles. The van der Waals surface area contributed by atoms with Crippen LogP contribution < -0.4 is 0 Å². The number of benzene rings is 1. The zero-order valence-corrected chi connectivity index (χ0v) is 11.9. The van der Waals surface area contributed by atoms with E-state index in [0.29, 0.717) is 16.5 Å². The van der Waals surface area contributed by atoms with Gasteiger partial charge in [-0.15, -0.1) is 16.4 Å². The summed E-state index contributed by atoms with van der Waals surface area (Å²) in [4.78, 5) is 14.5. The number of carbonyl (C=O) groups is 1. The van der Waals surface area contributed by atoms with Gasteiger partial charge < -0.3 is 0 Å². The molecule has 0 unspecified atom stereocenters. The molecule has 0 N–H and O–H groups in total. The molecule has 0 aliphatic carbocycles. The highest BCUT2D eigenvalue weighted by Gasteiger charge is 2.13. The fraction of sp³-hybridized carbons (Fsp3) is 0.0714. The highest BCUT2D eigenvalue weighted by Crippen LogP contribution is 2.22. The van der Waals surface area contributed by atoms with Gasteiger partial charge in [-0.05, 0) is 24.3 Å². The number of carbonyl (C=O) groups excluding carboxylic acids is 1. The Kier molecular flexibility index (Phi) is 3.62. The molecule has 0 bridgehead atoms. The van der Waals surface area contributed by atoms with Crippen molar-refractivity contribution in [1.82, 2.24) is 15.0 Å². The van der Waals surface area contributed by atoms with Crippen LogP contribution in [-0.4, -0.2) is 20.8 Å². The molecule has 20 heavy (non-hydrogen) atoms. The Hall–Kier alpha value is -1.98. The topological polar surface area (TPSA) is 47.8 Å². The average molecular weight is 304 g/mol. The van der Waals surface area contributed by atoms with Crippen LogP contribution in [-0.2, 0) is 6.42 Å². The minimum Gasteiger partial charge on any atom is -0.292 e. The van der Waals surface area contributed by atoms with Crippen molar-refractivity contribution in [3.05, 3.63) is 63.6 Å². The number of thiophene rings is 1. The third-order valence-corrected chi connectivity index (χ3v) is 3.96. The normalized spacial score (nSPS) is 10.7. The Morgan fingerprint density at radius 1 is 1.20 bits per heavy atom. The van der Waals surface area contributed by atoms with E-state index < -0.39 is 0 Å². The van der Waals surface area contributed by atoms with Crippen LogP contribution in [0.3, 0.4) is 0 Å². The molecule has 0 fully saturated rings. The highest BCUT2D eigenvalue weighted by atomic mass is 35.5. The quantitative estimate of drug-likeness (QED) is 0.694. The van der Waals surface area contributed by atoms with E-state index in [-0.39, 0.29) is 5.78 Å². The first-order chi connectivity index (χ1) is 9.72. The predicted octanol–water partition coefficient (Wildman–Crippen LogP) is 3.41. The Labute approximate surface area is 124 Å². The van der Waals surface area contributed by atoms with E-state index in [1.165, 1.54) is 22.3 Å². The largest absolute Gasteiger partial charge is 0.292 e. The van der Waals surface area contributed by atoms with E-state index in [1.807, 2.05) is 36.4 Å². The van der Waals surface area contributed by atoms with Gasteiger partial charge in [0.1, 0.15) is 5.69 Å². The zero-order valence-electron chi connectivity index (χ0n) is 10.4. The molecule has 0 amide bonds. The van der Waals surface area contributed by atoms with E-state index in [1.54, 1.807) is 6.07 Å². The molecule has 0 atom stereocenters. The van der Waals surface area contributed by atoms with Gasteiger partial charge in [-0.2, -0.15) is 9.90 Å². The van der Waals surface area contributed by atoms with Gasteiger partial charge in [0.05, 0.1) is 16.2 Å². The van der Waals surface area contributed by atoms with Gasteiger partial charge >= 0.3 is 0 Å². The van der Waals surface area contributed by atoms with Crippen LogP contribution in [0.15, 0.2) is 48.7 Å². The number of ketones is 1. The van der Waals surface area contributed by atoms with Crippen molar-refractivity contribution in [2.45, 2.75) is 6.42 Å². The van der Waals surface area contributed by atoms with Crippen LogP contribution in [0.2, 0.25) is 4.34 Å². The average Bonchev–Trinajstić information content (AvgIpc) is 3.09. The summed E-state index contributed by atoms with van der Waals surface area (Å²) in [7, 11) is 0. The van der Waals surface area contributed by atoms with Crippen molar-refractivity contribution in [3.63, 3.8) is 0 Å². The van der Waals surface area contributed by atoms with Gasteiger partial charge in [0, 0.05) is 11.3 Å². The first-order valence-electron chi connectivity index (χ1n) is 5.97. The molecular formula is C14H10ClN3OS. The minimum absolute atomic E-state index is 0.0642. The van der Waals surface area contributed by atoms with Crippen molar-refractivity contribution in [2.24, 2.45) is 0 Å². The second-order valence-electron chi connectivity index (χ2n) is 4.16. The van der Waals surface area contributed by atoms with Crippen LogP contribution >= 0.6 is 22.9 Å². The van der Waals surface area contributed by atoms with Gasteiger partial charge in [-0.25, -0.2) is 0 Å². The number of hydrogen-bond donors (Lipinski definition) is 0. The summed E-state index contributed by atoms with van der Waals surface area (Å²) in [6.45, 7) is 0. The number of Topliss-reactive ketones (excluding diaryl/α,β-unsaturated/α-hetero) is 1. The maximum absolute atomic E-state index is 12.1. The van der Waals surface area contributed by atoms with Crippen molar-refractivity contribution in [2.75, 3.05) is 0 Å². The molecule has 0 radical (unpaired) electrons. The van der Waals surface area contributed by atoms with Crippen LogP contribution in [0.1, 0.15) is 15.4 Å². The third-order valence-electron chi connectivity index (χ3n) is 2.73. The zero-order chi connectivity index (χ0) is 13.9. The number of para-hydroxylation sites is 1. The molecule has 3 rings (SSSR count). The van der Waals surface area contributed by atoms with Gasteiger partial charge in [0.15, 0.2) is 5.78 Å². The SMILES string of the molecule is O=C(Cc1ccc(Cl)s1)c1cnn(-c2ccccc2)n1. The summed E-state index contributed by atoms with van der Waals surface area (Å²) in [5.74, 6) is -0.0642. The predicted molar refractivity (Wildman–Crippen MR) is 78.7 cm³/mol. The minimum atomic E-state index is -0.0642. The molecule has 1 aromatic carbocycles. The maximum Gasteiger partial charge on any atom is 0.189 e. The monoisotopic (exact) mass is 303 g/mol. The smallest absolute Gasteiger partial charge is 0.189 e. The van der Waals surface area contributed by atoms with Gasteiger partial charge in [0.2, 0.25) is 0 Å². The Balaban J connectivity index is 1.78. The maximum atomic E-state index is 12.1. The van der Waals surface area contributed by atoms with Crippen molar-refractivity contribution >= 4 is 28.7 Å². The Bertz CT molecular complexity index is 736. The molecule has 0 aliphatic heterocycles. The fourth-order valence-corrected chi connectivity index (χ4v) is 2.86. The molecule has 6 heteroatoms. The molecule has 0 aliphatic rings. The molecule has 3 aromatic rings. The van der Waals surface area contributed by atoms with Gasteiger partial charge in [-0.1, -0.05) is 29.8 Å². The van der Waals surface area contributed by atoms with Gasteiger partial charge in [-0.3, -0.25) is 4.79 Å². The van der Waals surface area contributed by atoms with Crippen LogP contribution in [0.5, 0.6) is 0 Å². The van der Waals surface area contributed by atoms with Gasteiger partial charge in [0.25, 0.3) is 0 Å². The number of aromatic nitrogens is 3. The summed E-state index contributed by atoms with van der Waals surface area (Å²) in [5.41, 5.74) is 1.18. The Morgan fingerprint density at radius 3 is 2.70 bits per heavy atom. The number of hydrogen-bond acceptors (Lipinski definition) is 4. The second-order valence-corrected chi connectivity index (χ2v) is 5.96. The fourth-order valence-electron chi connectivity index (χ4n) is 1.77. The number of rotatable bonds is 4. The van der Waals surface area contributed by atoms with Crippen molar-refractivity contribution in [3.8, 4) is 5.69 Å². The molecule has 0 spiro atoms. The first-order valence-corrected chi connectivity index (χ1v) is 7.17. The summed E-state index contributed by atoms with van der Waals surface area (Å²) < 4.78 is 0.681. The summed E-state index contributed by atoms with van der Waals surface area (Å²) in [6.07, 6.45) is 1.79. The molecule has 100 valence electrons. The number of halogens is 1. The lowest BCUT2D eigenvalue weighted by molar-refractivity contribution is 0.0988. The molecule has 2 heterocycles. The number of nitrogens with zero attached hydrogens (tertiary/aromatic N) is 3. The van der Waals surface area contributed by atoms with Crippen LogP contribution in [0.4, 0.5) is 0 Å². The van der Waals surface area contributed by atoms with E-state index in [9.17, 15) is 4.79 Å². The Morgan fingerprint density at radius 2 is 2.00 bits per heavy atom. The highest BCUT2D eigenvalue weighted by molar-refractivity contribution is 7.16. The second kappa shape index (κ2) is 5.56. The van der Waals surface area contributed by atoms with E-state index >= 15 is 0 Å². The van der Waals surface area contributed by atoms with Crippen molar-refractivity contribution < 1.29 is 4.79 Å². The van der Waals surface area contributed by atoms with Crippen LogP contribution in [0, 0.1) is 0 Å². The first kappa shape index (κ1) is 13.0. The molecule has 0 saturated carbocycles. The van der Waals surface area contributed by atoms with E-state index in [2.05, 4.69) is 10.2 Å². The third kappa shape index (κ3) is 2.79. The molecule has 4 nitrogen and oxygen atoms in total.